The maximum atomic E-state index is 11.7. The number of carbonyl (C=O) groups is 1. The van der Waals surface area contributed by atoms with Crippen LogP contribution in [0.25, 0.3) is 0 Å². The van der Waals surface area contributed by atoms with Crippen molar-refractivity contribution in [3.05, 3.63) is 0 Å². The van der Waals surface area contributed by atoms with Gasteiger partial charge in [0.1, 0.15) is 5.75 Å². The van der Waals surface area contributed by atoms with Crippen molar-refractivity contribution in [2.75, 3.05) is 12.9 Å². The van der Waals surface area contributed by atoms with E-state index in [1.807, 2.05) is 6.07 Å². The lowest BCUT2D eigenvalue weighted by molar-refractivity contribution is -0.137. The summed E-state index contributed by atoms with van der Waals surface area (Å²) in [5.41, 5.74) is 0. The first-order chi connectivity index (χ1) is 7.01. The third-order valence-electron chi connectivity index (χ3n) is 2.63. The van der Waals surface area contributed by atoms with Gasteiger partial charge in [0.15, 0.2) is 9.84 Å². The van der Waals surface area contributed by atoms with Gasteiger partial charge in [0, 0.05) is 0 Å². The van der Waals surface area contributed by atoms with E-state index in [-0.39, 0.29) is 0 Å². The maximum Gasteiger partial charge on any atom is 0.320 e. The summed E-state index contributed by atoms with van der Waals surface area (Å²) in [7, 11) is -2.38. The number of hydrogen-bond acceptors (Lipinski definition) is 5. The smallest absolute Gasteiger partial charge is 0.320 e. The van der Waals surface area contributed by atoms with E-state index in [1.54, 1.807) is 0 Å². The minimum atomic E-state index is -3.53. The summed E-state index contributed by atoms with van der Waals surface area (Å²) < 4.78 is 27.8. The second-order valence-corrected chi connectivity index (χ2v) is 5.81. The Morgan fingerprint density at radius 1 is 1.53 bits per heavy atom. The van der Waals surface area contributed by atoms with E-state index in [0.29, 0.717) is 12.8 Å². The Bertz CT molecular complexity index is 381. The predicted molar refractivity (Wildman–Crippen MR) is 52.5 cm³/mol. The zero-order valence-electron chi connectivity index (χ0n) is 8.47. The number of nitriles is 1. The number of nitrogens with zero attached hydrogens (tertiary/aromatic N) is 1. The highest BCUT2D eigenvalue weighted by Crippen LogP contribution is 2.31. The van der Waals surface area contributed by atoms with Gasteiger partial charge in [-0.05, 0) is 12.8 Å². The Balaban J connectivity index is 2.78. The van der Waals surface area contributed by atoms with Gasteiger partial charge in [0.25, 0.3) is 0 Å². The van der Waals surface area contributed by atoms with E-state index in [0.717, 1.165) is 13.5 Å². The summed E-state index contributed by atoms with van der Waals surface area (Å²) >= 11 is 0. The van der Waals surface area contributed by atoms with E-state index >= 15 is 0 Å². The highest BCUT2D eigenvalue weighted by atomic mass is 32.2. The Hall–Kier alpha value is -1.09. The van der Waals surface area contributed by atoms with Gasteiger partial charge in [-0.25, -0.2) is 8.42 Å². The first-order valence-corrected chi connectivity index (χ1v) is 6.41. The lowest BCUT2D eigenvalue weighted by Gasteiger charge is -2.13. The van der Waals surface area contributed by atoms with Crippen LogP contribution in [0.2, 0.25) is 0 Å². The summed E-state index contributed by atoms with van der Waals surface area (Å²) in [6.07, 6.45) is 1.79. The van der Waals surface area contributed by atoms with Gasteiger partial charge in [-0.15, -0.1) is 0 Å². The molecule has 0 aromatic heterocycles. The van der Waals surface area contributed by atoms with Crippen LogP contribution < -0.4 is 0 Å². The summed E-state index contributed by atoms with van der Waals surface area (Å²) in [5.74, 6) is -1.86. The second kappa shape index (κ2) is 4.62. The van der Waals surface area contributed by atoms with Crippen LogP contribution in [0.3, 0.4) is 0 Å². The number of rotatable bonds is 3. The molecule has 2 atom stereocenters. The molecular weight excluding hydrogens is 218 g/mol. The number of ether oxygens (including phenoxy) is 1. The average Bonchev–Trinajstić information content (AvgIpc) is 2.65. The topological polar surface area (TPSA) is 84.2 Å². The van der Waals surface area contributed by atoms with Crippen LogP contribution in [0.4, 0.5) is 0 Å². The minimum absolute atomic E-state index is 0.470. The quantitative estimate of drug-likeness (QED) is 0.651. The van der Waals surface area contributed by atoms with Crippen LogP contribution in [0.5, 0.6) is 0 Å². The van der Waals surface area contributed by atoms with Crippen LogP contribution in [0, 0.1) is 17.2 Å². The van der Waals surface area contributed by atoms with Crippen LogP contribution in [-0.2, 0) is 19.4 Å². The Labute approximate surface area is 88.9 Å². The molecule has 6 heteroatoms. The molecular formula is C9H13NO4S. The van der Waals surface area contributed by atoms with Crippen molar-refractivity contribution in [3.63, 3.8) is 0 Å². The minimum Gasteiger partial charge on any atom is -0.468 e. The molecule has 0 saturated heterocycles. The van der Waals surface area contributed by atoms with Gasteiger partial charge in [-0.1, -0.05) is 6.42 Å². The fraction of sp³-hybridized carbons (Fsp3) is 0.778. The van der Waals surface area contributed by atoms with E-state index in [1.165, 1.54) is 0 Å². The fourth-order valence-corrected chi connectivity index (χ4v) is 3.72. The molecule has 1 rings (SSSR count). The number of methoxy groups -OCH3 is 1. The summed E-state index contributed by atoms with van der Waals surface area (Å²) in [6.45, 7) is 0. The molecule has 0 aromatic rings. The number of hydrogen-bond donors (Lipinski definition) is 0. The highest BCUT2D eigenvalue weighted by Gasteiger charge is 2.38. The third kappa shape index (κ3) is 2.69. The Morgan fingerprint density at radius 2 is 2.20 bits per heavy atom. The van der Waals surface area contributed by atoms with E-state index < -0.39 is 32.7 Å². The molecule has 0 aromatic carbocycles. The first kappa shape index (κ1) is 12.0. The molecule has 0 spiro atoms. The van der Waals surface area contributed by atoms with Gasteiger partial charge < -0.3 is 4.74 Å². The van der Waals surface area contributed by atoms with Crippen molar-refractivity contribution in [1.29, 1.82) is 5.26 Å². The van der Waals surface area contributed by atoms with E-state index in [4.69, 9.17) is 5.26 Å². The molecule has 1 aliphatic carbocycles. The largest absolute Gasteiger partial charge is 0.468 e. The molecule has 2 unspecified atom stereocenters. The molecule has 15 heavy (non-hydrogen) atoms. The zero-order chi connectivity index (χ0) is 11.5. The summed E-state index contributed by atoms with van der Waals surface area (Å²) in [5, 5.41) is 8.07. The van der Waals surface area contributed by atoms with Gasteiger partial charge >= 0.3 is 5.97 Å². The highest BCUT2D eigenvalue weighted by molar-refractivity contribution is 7.92. The van der Waals surface area contributed by atoms with Crippen LogP contribution in [-0.4, -0.2) is 32.5 Å². The van der Waals surface area contributed by atoms with E-state index in [9.17, 15) is 13.2 Å². The second-order valence-electron chi connectivity index (χ2n) is 3.59. The van der Waals surface area contributed by atoms with Gasteiger partial charge in [0.2, 0.25) is 0 Å². The van der Waals surface area contributed by atoms with Gasteiger partial charge in [0.05, 0.1) is 24.3 Å². The lowest BCUT2D eigenvalue weighted by atomic mass is 10.1. The molecule has 5 nitrogen and oxygen atoms in total. The number of sulfone groups is 1. The third-order valence-corrected chi connectivity index (χ3v) is 4.75. The first-order valence-electron chi connectivity index (χ1n) is 4.69. The molecule has 84 valence electrons. The van der Waals surface area contributed by atoms with Crippen molar-refractivity contribution in [3.8, 4) is 6.07 Å². The normalized spacial score (nSPS) is 25.9. The fourth-order valence-electron chi connectivity index (χ4n) is 1.83. The van der Waals surface area contributed by atoms with Crippen LogP contribution >= 0.6 is 0 Å². The van der Waals surface area contributed by atoms with Crippen molar-refractivity contribution >= 4 is 15.8 Å². The zero-order valence-corrected chi connectivity index (χ0v) is 9.29. The van der Waals surface area contributed by atoms with Gasteiger partial charge in [-0.2, -0.15) is 5.26 Å². The summed E-state index contributed by atoms with van der Waals surface area (Å²) in [4.78, 5) is 10.9. The van der Waals surface area contributed by atoms with Crippen LogP contribution in [0.1, 0.15) is 19.3 Å². The van der Waals surface area contributed by atoms with Crippen LogP contribution in [0.15, 0.2) is 0 Å². The maximum absolute atomic E-state index is 11.7. The van der Waals surface area contributed by atoms with Crippen molar-refractivity contribution in [1.82, 2.24) is 0 Å². The molecule has 0 N–H and O–H groups in total. The lowest BCUT2D eigenvalue weighted by Crippen LogP contribution is -2.30. The molecule has 0 amide bonds. The van der Waals surface area contributed by atoms with Crippen molar-refractivity contribution in [2.24, 2.45) is 5.92 Å². The SMILES string of the molecule is COC(=O)CS(=O)(=O)C1CCCC1C#N. The average molecular weight is 231 g/mol. The monoisotopic (exact) mass is 231 g/mol. The standard InChI is InChI=1S/C9H13NO4S/c1-14-9(11)6-15(12,13)8-4-2-3-7(8)5-10/h7-8H,2-4,6H2,1H3. The van der Waals surface area contributed by atoms with Crippen molar-refractivity contribution in [2.45, 2.75) is 24.5 Å². The summed E-state index contributed by atoms with van der Waals surface area (Å²) in [6, 6.07) is 1.98. The van der Waals surface area contributed by atoms with Gasteiger partial charge in [-0.3, -0.25) is 4.79 Å². The molecule has 0 radical (unpaired) electrons. The van der Waals surface area contributed by atoms with E-state index in [2.05, 4.69) is 4.74 Å². The van der Waals surface area contributed by atoms with Crippen molar-refractivity contribution < 1.29 is 17.9 Å². The molecule has 1 saturated carbocycles. The number of esters is 1. The molecule has 1 fully saturated rings. The molecule has 0 aliphatic heterocycles. The molecule has 1 aliphatic rings. The number of carbonyl (C=O) groups excluding carboxylic acids is 1. The Morgan fingerprint density at radius 3 is 2.73 bits per heavy atom. The molecule has 0 heterocycles. The Kier molecular flexibility index (Phi) is 3.69. The molecule has 0 bridgehead atoms. The predicted octanol–water partition coefficient (Wildman–Crippen LogP) is 0.266.